The van der Waals surface area contributed by atoms with Gasteiger partial charge in [-0.2, -0.15) is 0 Å². The summed E-state index contributed by atoms with van der Waals surface area (Å²) in [7, 11) is 1.68. The molecule has 1 atom stereocenters. The van der Waals surface area contributed by atoms with Crippen LogP contribution in [0, 0.1) is 0 Å². The van der Waals surface area contributed by atoms with Crippen molar-refractivity contribution in [3.8, 4) is 5.75 Å². The highest BCUT2D eigenvalue weighted by Crippen LogP contribution is 2.13. The van der Waals surface area contributed by atoms with E-state index in [1.165, 1.54) is 5.56 Å². The second kappa shape index (κ2) is 4.44. The molecule has 2 rings (SSSR count). The zero-order chi connectivity index (χ0) is 9.80. The number of methoxy groups -OCH3 is 1. The van der Waals surface area contributed by atoms with E-state index >= 15 is 0 Å². The van der Waals surface area contributed by atoms with Crippen molar-refractivity contribution in [2.75, 3.05) is 20.3 Å². The molecular weight excluding hydrogens is 178 g/mol. The van der Waals surface area contributed by atoms with Gasteiger partial charge in [0.15, 0.2) is 0 Å². The number of hydrogen-bond donors (Lipinski definition) is 1. The largest absolute Gasteiger partial charge is 0.497 e. The Bertz CT molecular complexity index is 278. The van der Waals surface area contributed by atoms with Crippen molar-refractivity contribution in [3.05, 3.63) is 29.8 Å². The Balaban J connectivity index is 1.95. The van der Waals surface area contributed by atoms with E-state index in [1.807, 2.05) is 12.1 Å². The SMILES string of the molecule is COc1ccc(CC2NCCO2)cc1. The third-order valence-corrected chi connectivity index (χ3v) is 2.37. The fraction of sp³-hybridized carbons (Fsp3) is 0.455. The van der Waals surface area contributed by atoms with Crippen LogP contribution < -0.4 is 10.1 Å². The standard InChI is InChI=1S/C11H15NO2/c1-13-10-4-2-9(3-5-10)8-11-12-6-7-14-11/h2-5,11-12H,6-8H2,1H3. The normalized spacial score (nSPS) is 21.1. The maximum Gasteiger partial charge on any atom is 0.118 e. The van der Waals surface area contributed by atoms with Gasteiger partial charge in [0.05, 0.1) is 13.7 Å². The van der Waals surface area contributed by atoms with Crippen molar-refractivity contribution in [3.63, 3.8) is 0 Å². The van der Waals surface area contributed by atoms with Gasteiger partial charge < -0.3 is 9.47 Å². The Hall–Kier alpha value is -1.06. The first-order chi connectivity index (χ1) is 6.88. The minimum absolute atomic E-state index is 0.184. The summed E-state index contributed by atoms with van der Waals surface area (Å²) in [6.07, 6.45) is 1.10. The van der Waals surface area contributed by atoms with E-state index in [1.54, 1.807) is 7.11 Å². The zero-order valence-electron chi connectivity index (χ0n) is 8.32. The van der Waals surface area contributed by atoms with Crippen LogP contribution in [0.25, 0.3) is 0 Å². The van der Waals surface area contributed by atoms with Crippen LogP contribution in [-0.2, 0) is 11.2 Å². The van der Waals surface area contributed by atoms with Crippen LogP contribution in [-0.4, -0.2) is 26.5 Å². The van der Waals surface area contributed by atoms with E-state index in [-0.39, 0.29) is 6.23 Å². The van der Waals surface area contributed by atoms with Crippen LogP contribution >= 0.6 is 0 Å². The summed E-state index contributed by atoms with van der Waals surface area (Å²) in [6, 6.07) is 8.10. The summed E-state index contributed by atoms with van der Waals surface area (Å²) in [5.41, 5.74) is 1.27. The fourth-order valence-corrected chi connectivity index (χ4v) is 1.59. The molecule has 1 N–H and O–H groups in total. The topological polar surface area (TPSA) is 30.5 Å². The maximum atomic E-state index is 5.47. The smallest absolute Gasteiger partial charge is 0.118 e. The molecule has 0 amide bonds. The zero-order valence-corrected chi connectivity index (χ0v) is 8.32. The van der Waals surface area contributed by atoms with Gasteiger partial charge in [0, 0.05) is 13.0 Å². The molecule has 1 aliphatic heterocycles. The molecule has 0 aromatic heterocycles. The highest BCUT2D eigenvalue weighted by atomic mass is 16.5. The van der Waals surface area contributed by atoms with Gasteiger partial charge in [-0.05, 0) is 17.7 Å². The lowest BCUT2D eigenvalue weighted by atomic mass is 10.1. The van der Waals surface area contributed by atoms with Crippen LogP contribution in [0.4, 0.5) is 0 Å². The second-order valence-electron chi connectivity index (χ2n) is 3.37. The number of nitrogens with one attached hydrogen (secondary N) is 1. The maximum absolute atomic E-state index is 5.47. The molecule has 3 nitrogen and oxygen atoms in total. The Morgan fingerprint density at radius 1 is 1.43 bits per heavy atom. The number of hydrogen-bond acceptors (Lipinski definition) is 3. The van der Waals surface area contributed by atoms with Crippen LogP contribution in [0.5, 0.6) is 5.75 Å². The molecule has 1 heterocycles. The van der Waals surface area contributed by atoms with E-state index in [4.69, 9.17) is 9.47 Å². The number of rotatable bonds is 3. The van der Waals surface area contributed by atoms with Gasteiger partial charge in [-0.1, -0.05) is 12.1 Å². The molecule has 0 spiro atoms. The van der Waals surface area contributed by atoms with Gasteiger partial charge in [0.2, 0.25) is 0 Å². The molecule has 76 valence electrons. The Morgan fingerprint density at radius 2 is 2.21 bits per heavy atom. The molecule has 0 saturated carbocycles. The van der Waals surface area contributed by atoms with Gasteiger partial charge in [-0.15, -0.1) is 0 Å². The quantitative estimate of drug-likeness (QED) is 0.782. The molecule has 1 unspecified atom stereocenters. The molecular formula is C11H15NO2. The molecule has 1 saturated heterocycles. The number of benzene rings is 1. The van der Waals surface area contributed by atoms with Crippen molar-refractivity contribution in [1.29, 1.82) is 0 Å². The van der Waals surface area contributed by atoms with Crippen molar-refractivity contribution in [1.82, 2.24) is 5.32 Å². The highest BCUT2D eigenvalue weighted by Gasteiger charge is 2.14. The second-order valence-corrected chi connectivity index (χ2v) is 3.37. The predicted octanol–water partition coefficient (Wildman–Crippen LogP) is 1.18. The fourth-order valence-electron chi connectivity index (χ4n) is 1.59. The Labute approximate surface area is 84.0 Å². The number of ether oxygens (including phenoxy) is 2. The van der Waals surface area contributed by atoms with Gasteiger partial charge >= 0.3 is 0 Å². The molecule has 1 aliphatic rings. The summed E-state index contributed by atoms with van der Waals surface area (Å²) in [6.45, 7) is 1.78. The lowest BCUT2D eigenvalue weighted by Crippen LogP contribution is -2.24. The molecule has 3 heteroatoms. The van der Waals surface area contributed by atoms with Crippen molar-refractivity contribution >= 4 is 0 Å². The average molecular weight is 193 g/mol. The first-order valence-corrected chi connectivity index (χ1v) is 4.86. The highest BCUT2D eigenvalue weighted by molar-refractivity contribution is 5.27. The van der Waals surface area contributed by atoms with Gasteiger partial charge in [0.1, 0.15) is 12.0 Å². The van der Waals surface area contributed by atoms with Crippen molar-refractivity contribution in [2.45, 2.75) is 12.6 Å². The van der Waals surface area contributed by atoms with Gasteiger partial charge in [-0.25, -0.2) is 0 Å². The van der Waals surface area contributed by atoms with Gasteiger partial charge in [0.25, 0.3) is 0 Å². The molecule has 1 aromatic rings. The van der Waals surface area contributed by atoms with E-state index in [2.05, 4.69) is 17.4 Å². The van der Waals surface area contributed by atoms with E-state index in [0.29, 0.717) is 0 Å². The summed E-state index contributed by atoms with van der Waals surface area (Å²) >= 11 is 0. The van der Waals surface area contributed by atoms with Crippen LogP contribution in [0.15, 0.2) is 24.3 Å². The van der Waals surface area contributed by atoms with E-state index < -0.39 is 0 Å². The molecule has 14 heavy (non-hydrogen) atoms. The minimum Gasteiger partial charge on any atom is -0.497 e. The first kappa shape index (κ1) is 9.49. The van der Waals surface area contributed by atoms with E-state index in [0.717, 1.165) is 25.3 Å². The lowest BCUT2D eigenvalue weighted by molar-refractivity contribution is 0.102. The van der Waals surface area contributed by atoms with E-state index in [9.17, 15) is 0 Å². The molecule has 1 aromatic carbocycles. The van der Waals surface area contributed by atoms with Gasteiger partial charge in [-0.3, -0.25) is 5.32 Å². The Morgan fingerprint density at radius 3 is 2.79 bits per heavy atom. The lowest BCUT2D eigenvalue weighted by Gasteiger charge is -2.09. The van der Waals surface area contributed by atoms with Crippen LogP contribution in [0.2, 0.25) is 0 Å². The third kappa shape index (κ3) is 2.25. The van der Waals surface area contributed by atoms with Crippen molar-refractivity contribution < 1.29 is 9.47 Å². The Kier molecular flexibility index (Phi) is 3.01. The summed E-state index contributed by atoms with van der Waals surface area (Å²) in [4.78, 5) is 0. The molecule has 0 radical (unpaired) electrons. The average Bonchev–Trinajstić information content (AvgIpc) is 2.72. The predicted molar refractivity (Wildman–Crippen MR) is 54.4 cm³/mol. The summed E-state index contributed by atoms with van der Waals surface area (Å²) in [5.74, 6) is 0.897. The summed E-state index contributed by atoms with van der Waals surface area (Å²) in [5, 5.41) is 3.28. The minimum atomic E-state index is 0.184. The van der Waals surface area contributed by atoms with Crippen molar-refractivity contribution in [2.24, 2.45) is 0 Å². The first-order valence-electron chi connectivity index (χ1n) is 4.86. The summed E-state index contributed by atoms with van der Waals surface area (Å²) < 4.78 is 10.6. The van der Waals surface area contributed by atoms with Crippen LogP contribution in [0.1, 0.15) is 5.56 Å². The molecule has 0 bridgehead atoms. The monoisotopic (exact) mass is 193 g/mol. The third-order valence-electron chi connectivity index (χ3n) is 2.37. The molecule has 1 fully saturated rings. The van der Waals surface area contributed by atoms with Crippen LogP contribution in [0.3, 0.4) is 0 Å². The molecule has 0 aliphatic carbocycles.